The fraction of sp³-hybridized carbons (Fsp3) is 0.500. The molecule has 1 heterocycles. The van der Waals surface area contributed by atoms with E-state index in [1.54, 1.807) is 20.8 Å². The number of urea groups is 1. The number of halogens is 1. The zero-order valence-corrected chi connectivity index (χ0v) is 11.9. The highest BCUT2D eigenvalue weighted by molar-refractivity contribution is 7.11. The molecule has 1 aromatic heterocycles. The molecule has 8 heteroatoms. The normalized spacial score (nSPS) is 11.1. The molecule has 0 aliphatic carbocycles. The molecule has 0 bridgehead atoms. The lowest BCUT2D eigenvalue weighted by Gasteiger charge is -2.20. The molecule has 1 rings (SSSR count). The van der Waals surface area contributed by atoms with Crippen molar-refractivity contribution in [3.63, 3.8) is 0 Å². The summed E-state index contributed by atoms with van der Waals surface area (Å²) in [5, 5.41) is 6.02. The summed E-state index contributed by atoms with van der Waals surface area (Å²) in [5.41, 5.74) is 5.06. The summed E-state index contributed by atoms with van der Waals surface area (Å²) in [6, 6.07) is -0.449. The Morgan fingerprint density at radius 1 is 1.50 bits per heavy atom. The van der Waals surface area contributed by atoms with Gasteiger partial charge in [-0.15, -0.1) is 0 Å². The molecule has 0 saturated carbocycles. The molecule has 0 aliphatic rings. The second-order valence-electron chi connectivity index (χ2n) is 4.47. The number of aromatic nitrogens is 1. The number of carbonyl (C=O) groups excluding carboxylic acids is 2. The lowest BCUT2D eigenvalue weighted by molar-refractivity contribution is -0.125. The van der Waals surface area contributed by atoms with E-state index in [1.807, 2.05) is 0 Å². The fourth-order valence-corrected chi connectivity index (χ4v) is 1.90. The van der Waals surface area contributed by atoms with E-state index in [4.69, 9.17) is 17.3 Å². The second-order valence-corrected chi connectivity index (χ2v) is 5.62. The predicted octanol–water partition coefficient (Wildman–Crippen LogP) is 1.74. The van der Waals surface area contributed by atoms with E-state index in [1.165, 1.54) is 0 Å². The van der Waals surface area contributed by atoms with Gasteiger partial charge in [-0.25, -0.2) is 4.79 Å². The third kappa shape index (κ3) is 3.58. The summed E-state index contributed by atoms with van der Waals surface area (Å²) in [4.78, 5) is 22.7. The molecule has 0 saturated heterocycles. The molecule has 100 valence electrons. The van der Waals surface area contributed by atoms with Crippen molar-refractivity contribution in [2.75, 3.05) is 11.9 Å². The van der Waals surface area contributed by atoms with Gasteiger partial charge in [-0.2, -0.15) is 4.37 Å². The molecule has 0 radical (unpaired) electrons. The Kier molecular flexibility index (Phi) is 4.53. The average molecular weight is 291 g/mol. The molecule has 0 spiro atoms. The average Bonchev–Trinajstić information content (AvgIpc) is 2.58. The van der Waals surface area contributed by atoms with Crippen molar-refractivity contribution < 1.29 is 9.59 Å². The smallest absolute Gasteiger partial charge is 0.319 e. The van der Waals surface area contributed by atoms with Gasteiger partial charge < -0.3 is 11.1 Å². The first-order chi connectivity index (χ1) is 8.24. The number of amides is 3. The van der Waals surface area contributed by atoms with Crippen LogP contribution in [0.1, 0.15) is 19.5 Å². The molecule has 4 N–H and O–H groups in total. The Hall–Kier alpha value is -1.34. The van der Waals surface area contributed by atoms with Gasteiger partial charge in [0.25, 0.3) is 0 Å². The Labute approximate surface area is 114 Å². The van der Waals surface area contributed by atoms with Crippen molar-refractivity contribution in [3.8, 4) is 0 Å². The summed E-state index contributed by atoms with van der Waals surface area (Å²) in [6.45, 7) is 5.20. The first kappa shape index (κ1) is 14.7. The van der Waals surface area contributed by atoms with Gasteiger partial charge in [0.05, 0.1) is 16.1 Å². The number of rotatable bonds is 4. The van der Waals surface area contributed by atoms with Gasteiger partial charge in [0, 0.05) is 6.54 Å². The highest BCUT2D eigenvalue weighted by atomic mass is 35.5. The Morgan fingerprint density at radius 3 is 2.56 bits per heavy atom. The summed E-state index contributed by atoms with van der Waals surface area (Å²) >= 11 is 7.02. The van der Waals surface area contributed by atoms with Crippen LogP contribution in [0.5, 0.6) is 0 Å². The van der Waals surface area contributed by atoms with Crippen LogP contribution < -0.4 is 16.4 Å². The van der Waals surface area contributed by atoms with Crippen molar-refractivity contribution >= 4 is 40.1 Å². The lowest BCUT2D eigenvalue weighted by atomic mass is 9.93. The number of anilines is 1. The quantitative estimate of drug-likeness (QED) is 0.788. The van der Waals surface area contributed by atoms with Crippen molar-refractivity contribution in [1.29, 1.82) is 0 Å². The van der Waals surface area contributed by atoms with Gasteiger partial charge in [0.1, 0.15) is 5.00 Å². The molecule has 0 atom stereocenters. The molecule has 3 amide bonds. The number of carbonyl (C=O) groups is 2. The van der Waals surface area contributed by atoms with Gasteiger partial charge in [-0.1, -0.05) is 11.6 Å². The first-order valence-corrected chi connectivity index (χ1v) is 6.35. The number of aryl methyl sites for hydroxylation is 1. The van der Waals surface area contributed by atoms with E-state index >= 15 is 0 Å². The van der Waals surface area contributed by atoms with E-state index in [0.29, 0.717) is 15.7 Å². The van der Waals surface area contributed by atoms with E-state index in [2.05, 4.69) is 15.0 Å². The first-order valence-electron chi connectivity index (χ1n) is 5.20. The molecular weight excluding hydrogens is 276 g/mol. The summed E-state index contributed by atoms with van der Waals surface area (Å²) in [5.74, 6) is -0.477. The van der Waals surface area contributed by atoms with Gasteiger partial charge in [0.2, 0.25) is 5.91 Å². The zero-order valence-electron chi connectivity index (χ0n) is 10.3. The van der Waals surface area contributed by atoms with Crippen LogP contribution in [0.15, 0.2) is 0 Å². The minimum absolute atomic E-state index is 0.142. The van der Waals surface area contributed by atoms with E-state index in [-0.39, 0.29) is 6.54 Å². The standard InChI is InChI=1S/C10H15ClN4O2S/c1-5-6(11)7(18-15-5)14-9(17)13-4-10(2,3)8(12)16/h4H2,1-3H3,(H2,12,16)(H2,13,14,17). The van der Waals surface area contributed by atoms with Crippen molar-refractivity contribution in [1.82, 2.24) is 9.69 Å². The number of nitrogens with two attached hydrogens (primary N) is 1. The zero-order chi connectivity index (χ0) is 13.9. The molecule has 0 aromatic carbocycles. The van der Waals surface area contributed by atoms with Gasteiger partial charge in [-0.05, 0) is 32.3 Å². The summed E-state index contributed by atoms with van der Waals surface area (Å²) in [7, 11) is 0. The van der Waals surface area contributed by atoms with Crippen LogP contribution in [0.25, 0.3) is 0 Å². The van der Waals surface area contributed by atoms with Crippen molar-refractivity contribution in [3.05, 3.63) is 10.7 Å². The van der Waals surface area contributed by atoms with Crippen LogP contribution in [0.3, 0.4) is 0 Å². The Morgan fingerprint density at radius 2 is 2.11 bits per heavy atom. The minimum Gasteiger partial charge on any atom is -0.369 e. The minimum atomic E-state index is -0.801. The SMILES string of the molecule is Cc1nsc(NC(=O)NCC(C)(C)C(N)=O)c1Cl. The Balaban J connectivity index is 2.53. The van der Waals surface area contributed by atoms with Crippen LogP contribution in [-0.2, 0) is 4.79 Å². The number of hydrogen-bond donors (Lipinski definition) is 3. The van der Waals surface area contributed by atoms with Crippen LogP contribution >= 0.6 is 23.1 Å². The topological polar surface area (TPSA) is 97.1 Å². The van der Waals surface area contributed by atoms with E-state index in [9.17, 15) is 9.59 Å². The molecule has 1 aromatic rings. The molecular formula is C10H15ClN4O2S. The van der Waals surface area contributed by atoms with E-state index in [0.717, 1.165) is 11.5 Å². The molecule has 18 heavy (non-hydrogen) atoms. The molecule has 0 unspecified atom stereocenters. The maximum atomic E-state index is 11.6. The van der Waals surface area contributed by atoms with E-state index < -0.39 is 17.4 Å². The maximum absolute atomic E-state index is 11.6. The van der Waals surface area contributed by atoms with Crippen LogP contribution in [0.4, 0.5) is 9.80 Å². The van der Waals surface area contributed by atoms with Crippen LogP contribution in [0.2, 0.25) is 5.02 Å². The number of hydrogen-bond acceptors (Lipinski definition) is 4. The predicted molar refractivity (Wildman–Crippen MR) is 71.9 cm³/mol. The van der Waals surface area contributed by atoms with Crippen molar-refractivity contribution in [2.24, 2.45) is 11.1 Å². The van der Waals surface area contributed by atoms with Gasteiger partial charge in [0.15, 0.2) is 0 Å². The van der Waals surface area contributed by atoms with Crippen LogP contribution in [0, 0.1) is 12.3 Å². The maximum Gasteiger partial charge on any atom is 0.319 e. The fourth-order valence-electron chi connectivity index (χ4n) is 0.972. The van der Waals surface area contributed by atoms with Gasteiger partial charge >= 0.3 is 6.03 Å². The summed E-state index contributed by atoms with van der Waals surface area (Å²) < 4.78 is 4.00. The number of nitrogens with zero attached hydrogens (tertiary/aromatic N) is 1. The molecule has 6 nitrogen and oxygen atoms in total. The highest BCUT2D eigenvalue weighted by Gasteiger charge is 2.25. The Bertz CT molecular complexity index is 472. The lowest BCUT2D eigenvalue weighted by Crippen LogP contribution is -2.43. The van der Waals surface area contributed by atoms with Crippen molar-refractivity contribution in [2.45, 2.75) is 20.8 Å². The number of nitrogens with one attached hydrogen (secondary N) is 2. The largest absolute Gasteiger partial charge is 0.369 e. The van der Waals surface area contributed by atoms with Crippen LogP contribution in [-0.4, -0.2) is 22.9 Å². The third-order valence-corrected chi connectivity index (χ3v) is 3.80. The highest BCUT2D eigenvalue weighted by Crippen LogP contribution is 2.29. The molecule has 0 fully saturated rings. The molecule has 0 aliphatic heterocycles. The summed E-state index contributed by atoms with van der Waals surface area (Å²) in [6.07, 6.45) is 0. The second kappa shape index (κ2) is 5.53. The monoisotopic (exact) mass is 290 g/mol. The third-order valence-electron chi connectivity index (χ3n) is 2.38. The van der Waals surface area contributed by atoms with Gasteiger partial charge in [-0.3, -0.25) is 10.1 Å². The number of primary amides is 1.